The molecule has 0 bridgehead atoms. The van der Waals surface area contributed by atoms with E-state index in [-0.39, 0.29) is 5.56 Å². The SMILES string of the molecule is C=CCn1c2c(c(=O)[nH]c1=S)CN(Cc1ccco1)CN2. The van der Waals surface area contributed by atoms with Crippen molar-refractivity contribution < 1.29 is 4.42 Å². The monoisotopic (exact) mass is 304 g/mol. The summed E-state index contributed by atoms with van der Waals surface area (Å²) in [6.07, 6.45) is 3.40. The summed E-state index contributed by atoms with van der Waals surface area (Å²) < 4.78 is 7.60. The summed E-state index contributed by atoms with van der Waals surface area (Å²) in [6.45, 7) is 6.11. The highest BCUT2D eigenvalue weighted by molar-refractivity contribution is 7.71. The highest BCUT2D eigenvalue weighted by atomic mass is 32.1. The van der Waals surface area contributed by atoms with Gasteiger partial charge in [-0.1, -0.05) is 6.08 Å². The third kappa shape index (κ3) is 2.70. The largest absolute Gasteiger partial charge is 0.468 e. The molecule has 2 aromatic rings. The van der Waals surface area contributed by atoms with Crippen molar-refractivity contribution in [3.63, 3.8) is 0 Å². The number of fused-ring (bicyclic) bond motifs is 1. The van der Waals surface area contributed by atoms with Crippen LogP contribution in [-0.2, 0) is 19.6 Å². The van der Waals surface area contributed by atoms with E-state index in [1.807, 2.05) is 16.7 Å². The molecule has 0 amide bonds. The third-order valence-corrected chi connectivity index (χ3v) is 3.74. The van der Waals surface area contributed by atoms with Crippen LogP contribution < -0.4 is 10.9 Å². The maximum absolute atomic E-state index is 12.1. The third-order valence-electron chi connectivity index (χ3n) is 3.42. The number of H-pyrrole nitrogens is 1. The fraction of sp³-hybridized carbons (Fsp3) is 0.286. The van der Waals surface area contributed by atoms with Crippen LogP contribution in [0.2, 0.25) is 0 Å². The van der Waals surface area contributed by atoms with Gasteiger partial charge in [0.15, 0.2) is 4.77 Å². The molecule has 2 N–H and O–H groups in total. The van der Waals surface area contributed by atoms with Crippen LogP contribution in [0.15, 0.2) is 40.3 Å². The number of aromatic amines is 1. The molecule has 6 nitrogen and oxygen atoms in total. The highest BCUT2D eigenvalue weighted by Crippen LogP contribution is 2.20. The van der Waals surface area contributed by atoms with Crippen LogP contribution in [0.3, 0.4) is 0 Å². The van der Waals surface area contributed by atoms with E-state index in [1.165, 1.54) is 0 Å². The zero-order valence-corrected chi connectivity index (χ0v) is 12.3. The van der Waals surface area contributed by atoms with Crippen LogP contribution in [0.5, 0.6) is 0 Å². The molecule has 3 rings (SSSR count). The lowest BCUT2D eigenvalue weighted by Crippen LogP contribution is -2.38. The van der Waals surface area contributed by atoms with E-state index in [0.717, 1.165) is 11.6 Å². The number of anilines is 1. The first-order chi connectivity index (χ1) is 10.2. The summed E-state index contributed by atoms with van der Waals surface area (Å²) >= 11 is 5.20. The van der Waals surface area contributed by atoms with Crippen LogP contribution in [0.1, 0.15) is 11.3 Å². The van der Waals surface area contributed by atoms with Gasteiger partial charge in [-0.25, -0.2) is 0 Å². The minimum absolute atomic E-state index is 0.146. The molecule has 0 aliphatic carbocycles. The van der Waals surface area contributed by atoms with Gasteiger partial charge in [0.25, 0.3) is 5.56 Å². The number of hydrogen-bond acceptors (Lipinski definition) is 5. The topological polar surface area (TPSA) is 66.2 Å². The Morgan fingerprint density at radius 1 is 1.52 bits per heavy atom. The molecule has 110 valence electrons. The zero-order chi connectivity index (χ0) is 14.8. The first-order valence-corrected chi connectivity index (χ1v) is 7.05. The Balaban J connectivity index is 1.92. The minimum atomic E-state index is -0.146. The molecule has 0 atom stereocenters. The average molecular weight is 304 g/mol. The second-order valence-electron chi connectivity index (χ2n) is 4.89. The van der Waals surface area contributed by atoms with E-state index >= 15 is 0 Å². The standard InChI is InChI=1S/C14H16N4O2S/c1-2-5-18-12-11(13(19)16-14(18)21)8-17(9-15-12)7-10-4-3-6-20-10/h2-4,6,15H,1,5,7-9H2,(H,16,19,21). The fourth-order valence-electron chi connectivity index (χ4n) is 2.47. The Kier molecular flexibility index (Phi) is 3.76. The quantitative estimate of drug-likeness (QED) is 0.668. The minimum Gasteiger partial charge on any atom is -0.468 e. The molecular formula is C14H16N4O2S. The highest BCUT2D eigenvalue weighted by Gasteiger charge is 2.22. The lowest BCUT2D eigenvalue weighted by atomic mass is 10.2. The lowest BCUT2D eigenvalue weighted by molar-refractivity contribution is 0.241. The number of nitrogens with zero attached hydrogens (tertiary/aromatic N) is 2. The van der Waals surface area contributed by atoms with E-state index in [9.17, 15) is 4.79 Å². The predicted molar refractivity (Wildman–Crippen MR) is 82.5 cm³/mol. The van der Waals surface area contributed by atoms with Crippen LogP contribution >= 0.6 is 12.2 Å². The van der Waals surface area contributed by atoms with E-state index in [0.29, 0.717) is 36.6 Å². The molecule has 0 spiro atoms. The molecule has 7 heteroatoms. The van der Waals surface area contributed by atoms with Crippen molar-refractivity contribution in [2.45, 2.75) is 19.6 Å². The van der Waals surface area contributed by atoms with Crippen LogP contribution in [-0.4, -0.2) is 21.1 Å². The average Bonchev–Trinajstić information content (AvgIpc) is 2.96. The van der Waals surface area contributed by atoms with E-state index < -0.39 is 0 Å². The van der Waals surface area contributed by atoms with Gasteiger partial charge in [0.1, 0.15) is 11.6 Å². The summed E-state index contributed by atoms with van der Waals surface area (Å²) in [5, 5.41) is 3.27. The fourth-order valence-corrected chi connectivity index (χ4v) is 2.72. The second-order valence-corrected chi connectivity index (χ2v) is 5.27. The predicted octanol–water partition coefficient (Wildman–Crippen LogP) is 2.07. The Hall–Kier alpha value is -2.12. The molecule has 21 heavy (non-hydrogen) atoms. The van der Waals surface area contributed by atoms with Gasteiger partial charge in [-0.05, 0) is 24.4 Å². The van der Waals surface area contributed by atoms with Crippen molar-refractivity contribution in [2.24, 2.45) is 0 Å². The summed E-state index contributed by atoms with van der Waals surface area (Å²) in [6, 6.07) is 3.78. The smallest absolute Gasteiger partial charge is 0.258 e. The van der Waals surface area contributed by atoms with Crippen LogP contribution in [0.4, 0.5) is 5.82 Å². The van der Waals surface area contributed by atoms with E-state index in [4.69, 9.17) is 16.6 Å². The van der Waals surface area contributed by atoms with Gasteiger partial charge in [-0.3, -0.25) is 14.7 Å². The normalized spacial score (nSPS) is 14.5. The van der Waals surface area contributed by atoms with Gasteiger partial charge >= 0.3 is 0 Å². The molecule has 0 radical (unpaired) electrons. The second kappa shape index (κ2) is 5.71. The Morgan fingerprint density at radius 2 is 2.38 bits per heavy atom. The van der Waals surface area contributed by atoms with Crippen molar-refractivity contribution in [1.29, 1.82) is 0 Å². The molecule has 1 aliphatic heterocycles. The van der Waals surface area contributed by atoms with Gasteiger partial charge < -0.3 is 14.3 Å². The molecule has 0 unspecified atom stereocenters. The van der Waals surface area contributed by atoms with Crippen molar-refractivity contribution in [1.82, 2.24) is 14.5 Å². The maximum Gasteiger partial charge on any atom is 0.258 e. The number of furan rings is 1. The Labute approximate surface area is 126 Å². The maximum atomic E-state index is 12.1. The van der Waals surface area contributed by atoms with Gasteiger partial charge in [-0.2, -0.15) is 0 Å². The molecule has 2 aromatic heterocycles. The summed E-state index contributed by atoms with van der Waals surface area (Å²) in [7, 11) is 0. The molecular weight excluding hydrogens is 288 g/mol. The van der Waals surface area contributed by atoms with Crippen molar-refractivity contribution in [3.8, 4) is 0 Å². The van der Waals surface area contributed by atoms with Gasteiger partial charge in [0.05, 0.1) is 25.0 Å². The van der Waals surface area contributed by atoms with Crippen molar-refractivity contribution in [2.75, 3.05) is 12.0 Å². The van der Waals surface area contributed by atoms with Gasteiger partial charge in [0.2, 0.25) is 0 Å². The van der Waals surface area contributed by atoms with Gasteiger partial charge in [0, 0.05) is 13.1 Å². The van der Waals surface area contributed by atoms with Crippen molar-refractivity contribution >= 4 is 18.0 Å². The summed E-state index contributed by atoms with van der Waals surface area (Å²) in [5.41, 5.74) is 0.537. The van der Waals surface area contributed by atoms with Gasteiger partial charge in [-0.15, -0.1) is 6.58 Å². The molecule has 0 fully saturated rings. The summed E-state index contributed by atoms with van der Waals surface area (Å²) in [4.78, 5) is 16.9. The Bertz CT molecular complexity index is 760. The number of aromatic nitrogens is 2. The van der Waals surface area contributed by atoms with Crippen LogP contribution in [0.25, 0.3) is 0 Å². The first-order valence-electron chi connectivity index (χ1n) is 6.64. The van der Waals surface area contributed by atoms with Crippen molar-refractivity contribution in [3.05, 3.63) is 57.5 Å². The summed E-state index contributed by atoms with van der Waals surface area (Å²) in [5.74, 6) is 1.65. The van der Waals surface area contributed by atoms with Crippen LogP contribution in [0, 0.1) is 4.77 Å². The zero-order valence-electron chi connectivity index (χ0n) is 11.5. The molecule has 1 aliphatic rings. The number of allylic oxidation sites excluding steroid dienone is 1. The number of hydrogen-bond donors (Lipinski definition) is 2. The number of nitrogens with one attached hydrogen (secondary N) is 2. The lowest BCUT2D eigenvalue weighted by Gasteiger charge is -2.30. The molecule has 0 saturated heterocycles. The molecule has 0 saturated carbocycles. The number of rotatable bonds is 4. The molecule has 3 heterocycles. The van der Waals surface area contributed by atoms with E-state index in [2.05, 4.69) is 21.8 Å². The van der Waals surface area contributed by atoms with E-state index in [1.54, 1.807) is 12.3 Å². The Morgan fingerprint density at radius 3 is 3.10 bits per heavy atom. The first kappa shape index (κ1) is 13.8. The molecule has 0 aromatic carbocycles.